The van der Waals surface area contributed by atoms with Crippen molar-refractivity contribution in [3.8, 4) is 0 Å². The smallest absolute Gasteiger partial charge is 0.348 e. The first-order valence-corrected chi connectivity index (χ1v) is 15.4. The summed E-state index contributed by atoms with van der Waals surface area (Å²) in [6.07, 6.45) is 0. The highest BCUT2D eigenvalue weighted by Crippen LogP contribution is 2.53. The van der Waals surface area contributed by atoms with Crippen molar-refractivity contribution in [1.82, 2.24) is 9.80 Å². The van der Waals surface area contributed by atoms with Crippen molar-refractivity contribution >= 4 is 23.6 Å². The third kappa shape index (κ3) is 5.28. The zero-order chi connectivity index (χ0) is 34.0. The van der Waals surface area contributed by atoms with E-state index < -0.39 is 41.2 Å². The SMILES string of the molecule is COC(=O)C1=C(C)N(Cc2ccccc2)C2=C(C(=O)c3ccccc3)C(c3ccccc3)[C@@](O)(C(=O)OC)C(=O)N2[C@@H]1c1ccccc1. The Kier molecular flexibility index (Phi) is 8.80. The molecule has 0 aromatic heterocycles. The number of benzene rings is 4. The predicted molar refractivity (Wildman–Crippen MR) is 177 cm³/mol. The Balaban J connectivity index is 1.80. The van der Waals surface area contributed by atoms with Crippen molar-refractivity contribution in [1.29, 1.82) is 0 Å². The largest absolute Gasteiger partial charge is 0.466 e. The minimum Gasteiger partial charge on any atom is -0.466 e. The van der Waals surface area contributed by atoms with Gasteiger partial charge in [-0.15, -0.1) is 0 Å². The number of ether oxygens (including phenoxy) is 2. The van der Waals surface area contributed by atoms with E-state index in [1.54, 1.807) is 103 Å². The van der Waals surface area contributed by atoms with Gasteiger partial charge in [-0.25, -0.2) is 9.59 Å². The molecule has 6 rings (SSSR count). The van der Waals surface area contributed by atoms with Gasteiger partial charge in [0.1, 0.15) is 5.82 Å². The molecule has 0 bridgehead atoms. The number of hydrogen-bond donors (Lipinski definition) is 1. The van der Waals surface area contributed by atoms with Crippen molar-refractivity contribution in [2.24, 2.45) is 0 Å². The molecule has 0 spiro atoms. The predicted octanol–water partition coefficient (Wildman–Crippen LogP) is 5.32. The summed E-state index contributed by atoms with van der Waals surface area (Å²) in [5, 5.41) is 12.6. The molecular weight excluding hydrogens is 608 g/mol. The summed E-state index contributed by atoms with van der Waals surface area (Å²) in [5.74, 6) is -4.87. The van der Waals surface area contributed by atoms with E-state index >= 15 is 4.79 Å². The van der Waals surface area contributed by atoms with Crippen molar-refractivity contribution in [3.05, 3.63) is 166 Å². The summed E-state index contributed by atoms with van der Waals surface area (Å²) in [7, 11) is 2.32. The summed E-state index contributed by atoms with van der Waals surface area (Å²) in [6, 6.07) is 33.9. The number of ketones is 1. The normalized spacial score (nSPS) is 20.7. The number of amides is 1. The van der Waals surface area contributed by atoms with Crippen LogP contribution in [0.2, 0.25) is 0 Å². The van der Waals surface area contributed by atoms with Gasteiger partial charge in [0, 0.05) is 17.8 Å². The second-order valence-electron chi connectivity index (χ2n) is 11.6. The van der Waals surface area contributed by atoms with Gasteiger partial charge in [-0.3, -0.25) is 14.5 Å². The fourth-order valence-corrected chi connectivity index (χ4v) is 6.69. The molecule has 4 aromatic carbocycles. The van der Waals surface area contributed by atoms with Crippen molar-refractivity contribution in [2.45, 2.75) is 31.0 Å². The van der Waals surface area contributed by atoms with Crippen LogP contribution in [0.5, 0.6) is 0 Å². The lowest BCUT2D eigenvalue weighted by molar-refractivity contribution is -0.179. The molecule has 0 saturated carbocycles. The third-order valence-corrected chi connectivity index (χ3v) is 8.92. The van der Waals surface area contributed by atoms with Gasteiger partial charge < -0.3 is 19.5 Å². The number of aliphatic hydroxyl groups is 1. The number of nitrogens with zero attached hydrogens (tertiary/aromatic N) is 2. The van der Waals surface area contributed by atoms with Gasteiger partial charge in [-0.2, -0.15) is 0 Å². The molecule has 1 N–H and O–H groups in total. The number of rotatable bonds is 8. The summed E-state index contributed by atoms with van der Waals surface area (Å²) < 4.78 is 10.4. The zero-order valence-electron chi connectivity index (χ0n) is 26.7. The Labute approximate surface area is 278 Å². The molecule has 9 heteroatoms. The number of hydrogen-bond acceptors (Lipinski definition) is 8. The Morgan fingerprint density at radius 3 is 1.79 bits per heavy atom. The van der Waals surface area contributed by atoms with Crippen LogP contribution in [0.15, 0.2) is 144 Å². The average molecular weight is 643 g/mol. The molecule has 242 valence electrons. The molecule has 0 aliphatic carbocycles. The molecule has 2 aliphatic heterocycles. The summed E-state index contributed by atoms with van der Waals surface area (Å²) in [6.45, 7) is 1.88. The van der Waals surface area contributed by atoms with Crippen LogP contribution < -0.4 is 0 Å². The molecule has 3 atom stereocenters. The first kappa shape index (κ1) is 32.2. The van der Waals surface area contributed by atoms with E-state index in [1.807, 2.05) is 30.3 Å². The lowest BCUT2D eigenvalue weighted by atomic mass is 9.70. The van der Waals surface area contributed by atoms with Gasteiger partial charge in [0.2, 0.25) is 0 Å². The van der Waals surface area contributed by atoms with Crippen LogP contribution in [0.4, 0.5) is 0 Å². The third-order valence-electron chi connectivity index (χ3n) is 8.92. The molecule has 0 radical (unpaired) electrons. The number of carbonyl (C=O) groups is 4. The van der Waals surface area contributed by atoms with Gasteiger partial charge in [0.25, 0.3) is 11.5 Å². The van der Waals surface area contributed by atoms with Crippen LogP contribution in [0, 0.1) is 0 Å². The molecule has 48 heavy (non-hydrogen) atoms. The molecule has 0 fully saturated rings. The Morgan fingerprint density at radius 1 is 0.729 bits per heavy atom. The second kappa shape index (κ2) is 13.1. The monoisotopic (exact) mass is 642 g/mol. The van der Waals surface area contributed by atoms with Crippen LogP contribution in [-0.2, 0) is 30.4 Å². The minimum absolute atomic E-state index is 0.0139. The topological polar surface area (TPSA) is 113 Å². The van der Waals surface area contributed by atoms with Crippen molar-refractivity contribution < 1.29 is 33.8 Å². The fourth-order valence-electron chi connectivity index (χ4n) is 6.69. The van der Waals surface area contributed by atoms with Crippen molar-refractivity contribution in [2.75, 3.05) is 14.2 Å². The van der Waals surface area contributed by atoms with Crippen LogP contribution in [0.25, 0.3) is 0 Å². The van der Waals surface area contributed by atoms with Crippen molar-refractivity contribution in [3.63, 3.8) is 0 Å². The number of fused-ring (bicyclic) bond motifs is 1. The Morgan fingerprint density at radius 2 is 1.25 bits per heavy atom. The van der Waals surface area contributed by atoms with Gasteiger partial charge in [0.05, 0.1) is 37.3 Å². The fraction of sp³-hybridized carbons (Fsp3) is 0.179. The zero-order valence-corrected chi connectivity index (χ0v) is 26.7. The highest BCUT2D eigenvalue weighted by atomic mass is 16.5. The lowest BCUT2D eigenvalue weighted by Crippen LogP contribution is -2.65. The molecule has 0 saturated heterocycles. The number of carbonyl (C=O) groups excluding carboxylic acids is 4. The van der Waals surface area contributed by atoms with Crippen LogP contribution in [0.3, 0.4) is 0 Å². The summed E-state index contributed by atoms with van der Waals surface area (Å²) in [4.78, 5) is 60.6. The van der Waals surface area contributed by atoms with E-state index in [4.69, 9.17) is 9.47 Å². The maximum atomic E-state index is 15.1. The van der Waals surface area contributed by atoms with Gasteiger partial charge in [-0.1, -0.05) is 121 Å². The molecule has 4 aromatic rings. The van der Waals surface area contributed by atoms with E-state index in [2.05, 4.69) is 0 Å². The van der Waals surface area contributed by atoms with Crippen LogP contribution >= 0.6 is 0 Å². The van der Waals surface area contributed by atoms with Crippen LogP contribution in [0.1, 0.15) is 45.9 Å². The molecule has 2 aliphatic rings. The van der Waals surface area contributed by atoms with Gasteiger partial charge in [0.15, 0.2) is 5.78 Å². The van der Waals surface area contributed by atoms with E-state index in [-0.39, 0.29) is 29.1 Å². The molecule has 1 amide bonds. The first-order chi connectivity index (χ1) is 23.2. The summed E-state index contributed by atoms with van der Waals surface area (Å²) in [5.41, 5.74) is -0.437. The standard InChI is InChI=1S/C39H34N2O7/c1-25-30(36(43)47-2)33(28-20-12-6-13-21-28)41-35(40(25)24-26-16-8-4-9-17-26)31(34(42)29-22-14-7-15-23-29)32(27-18-10-5-11-19-27)39(46,37(41)44)38(45)48-3/h4-23,32-33,46H,24H2,1-3H3/t32?,33-,39+/m1/s1. The number of methoxy groups -OCH3 is 2. The lowest BCUT2D eigenvalue weighted by Gasteiger charge is -2.52. The number of esters is 2. The molecular formula is C39H34N2O7. The Bertz CT molecular complexity index is 1920. The first-order valence-electron chi connectivity index (χ1n) is 15.4. The maximum Gasteiger partial charge on any atom is 0.348 e. The quantitative estimate of drug-likeness (QED) is 0.156. The molecule has 9 nitrogen and oxygen atoms in total. The highest BCUT2D eigenvalue weighted by Gasteiger charge is 2.64. The van der Waals surface area contributed by atoms with E-state index in [0.29, 0.717) is 16.8 Å². The molecule has 2 heterocycles. The Hall–Kier alpha value is -5.80. The maximum absolute atomic E-state index is 15.1. The van der Waals surface area contributed by atoms with Crippen LogP contribution in [-0.4, -0.2) is 58.4 Å². The van der Waals surface area contributed by atoms with E-state index in [1.165, 1.54) is 12.0 Å². The van der Waals surface area contributed by atoms with Gasteiger partial charge >= 0.3 is 11.9 Å². The minimum atomic E-state index is -2.91. The number of allylic oxidation sites excluding steroid dienone is 1. The van der Waals surface area contributed by atoms with Gasteiger partial charge in [-0.05, 0) is 23.6 Å². The summed E-state index contributed by atoms with van der Waals surface area (Å²) >= 11 is 0. The van der Waals surface area contributed by atoms with E-state index in [9.17, 15) is 19.5 Å². The molecule has 1 unspecified atom stereocenters. The van der Waals surface area contributed by atoms with E-state index in [0.717, 1.165) is 12.7 Å². The highest BCUT2D eigenvalue weighted by molar-refractivity contribution is 6.17. The second-order valence-corrected chi connectivity index (χ2v) is 11.6. The average Bonchev–Trinajstić information content (AvgIpc) is 3.14. The number of Topliss-reactive ketones (excluding diaryl/α,β-unsaturated/α-hetero) is 1.